The smallest absolute Gasteiger partial charge is 0.121 e. The number of anilines is 1. The molecule has 0 saturated carbocycles. The molecule has 16 heavy (non-hydrogen) atoms. The van der Waals surface area contributed by atoms with Gasteiger partial charge in [0.15, 0.2) is 0 Å². The molecule has 0 spiro atoms. The van der Waals surface area contributed by atoms with Crippen molar-refractivity contribution in [1.29, 1.82) is 0 Å². The lowest BCUT2D eigenvalue weighted by molar-refractivity contribution is 0.759. The molecule has 1 aromatic heterocycles. The lowest BCUT2D eigenvalue weighted by Gasteiger charge is -2.02. The summed E-state index contributed by atoms with van der Waals surface area (Å²) >= 11 is 11.9. The first-order valence-corrected chi connectivity index (χ1v) is 5.54. The SMILES string of the molecule is Cn1nc(Cc2ccc(Cl)cc2Cl)cc1N. The molecule has 0 aliphatic rings. The van der Waals surface area contributed by atoms with E-state index >= 15 is 0 Å². The van der Waals surface area contributed by atoms with E-state index in [0.717, 1.165) is 11.3 Å². The van der Waals surface area contributed by atoms with Gasteiger partial charge in [-0.15, -0.1) is 0 Å². The van der Waals surface area contributed by atoms with Gasteiger partial charge < -0.3 is 5.73 Å². The lowest BCUT2D eigenvalue weighted by atomic mass is 10.1. The summed E-state index contributed by atoms with van der Waals surface area (Å²) < 4.78 is 1.64. The number of aromatic nitrogens is 2. The van der Waals surface area contributed by atoms with E-state index in [2.05, 4.69) is 5.10 Å². The van der Waals surface area contributed by atoms with Crippen molar-refractivity contribution in [3.63, 3.8) is 0 Å². The minimum atomic E-state index is 0.634. The molecule has 1 aromatic carbocycles. The molecule has 3 nitrogen and oxygen atoms in total. The Hall–Kier alpha value is -1.19. The first-order chi connectivity index (χ1) is 7.56. The molecule has 0 fully saturated rings. The predicted octanol–water partition coefficient (Wildman–Crippen LogP) is 2.90. The summed E-state index contributed by atoms with van der Waals surface area (Å²) in [5.74, 6) is 0.639. The van der Waals surface area contributed by atoms with Crippen LogP contribution in [0.4, 0.5) is 5.82 Å². The van der Waals surface area contributed by atoms with Gasteiger partial charge >= 0.3 is 0 Å². The summed E-state index contributed by atoms with van der Waals surface area (Å²) in [7, 11) is 1.81. The van der Waals surface area contributed by atoms with E-state index in [1.165, 1.54) is 0 Å². The van der Waals surface area contributed by atoms with Gasteiger partial charge in [0, 0.05) is 29.6 Å². The monoisotopic (exact) mass is 255 g/mol. The van der Waals surface area contributed by atoms with Gasteiger partial charge in [-0.3, -0.25) is 4.68 Å². The summed E-state index contributed by atoms with van der Waals surface area (Å²) in [6, 6.07) is 7.28. The first kappa shape index (κ1) is 11.3. The number of rotatable bonds is 2. The Morgan fingerprint density at radius 2 is 2.06 bits per heavy atom. The van der Waals surface area contributed by atoms with Gasteiger partial charge in [-0.2, -0.15) is 5.10 Å². The number of benzene rings is 1. The van der Waals surface area contributed by atoms with Crippen molar-refractivity contribution in [3.05, 3.63) is 45.6 Å². The molecule has 5 heteroatoms. The standard InChI is InChI=1S/C11H11Cl2N3/c1-16-11(14)6-9(15-16)4-7-2-3-8(12)5-10(7)13/h2-3,5-6H,4,14H2,1H3. The van der Waals surface area contributed by atoms with Crippen molar-refractivity contribution in [2.45, 2.75) is 6.42 Å². The maximum absolute atomic E-state index is 6.08. The maximum atomic E-state index is 6.08. The van der Waals surface area contributed by atoms with Gasteiger partial charge in [-0.25, -0.2) is 0 Å². The highest BCUT2D eigenvalue weighted by Gasteiger charge is 2.06. The topological polar surface area (TPSA) is 43.8 Å². The number of nitrogens with two attached hydrogens (primary N) is 1. The number of nitrogen functional groups attached to an aromatic ring is 1. The molecule has 0 radical (unpaired) electrons. The highest BCUT2D eigenvalue weighted by Crippen LogP contribution is 2.23. The second kappa shape index (κ2) is 4.36. The summed E-state index contributed by atoms with van der Waals surface area (Å²) in [4.78, 5) is 0. The van der Waals surface area contributed by atoms with E-state index in [1.807, 2.05) is 25.2 Å². The Labute approximate surface area is 104 Å². The average molecular weight is 256 g/mol. The molecular formula is C11H11Cl2N3. The number of aryl methyl sites for hydroxylation is 1. The molecule has 0 aliphatic heterocycles. The van der Waals surface area contributed by atoms with E-state index in [-0.39, 0.29) is 0 Å². The van der Waals surface area contributed by atoms with Gasteiger partial charge in [-0.1, -0.05) is 29.3 Å². The fourth-order valence-corrected chi connectivity index (χ4v) is 1.97. The van der Waals surface area contributed by atoms with Crippen LogP contribution in [0.5, 0.6) is 0 Å². The largest absolute Gasteiger partial charge is 0.384 e. The molecule has 0 saturated heterocycles. The summed E-state index contributed by atoms with van der Waals surface area (Å²) in [6.45, 7) is 0. The molecule has 0 bridgehead atoms. The van der Waals surface area contributed by atoms with Crippen LogP contribution in [0.3, 0.4) is 0 Å². The van der Waals surface area contributed by atoms with Crippen molar-refractivity contribution >= 4 is 29.0 Å². The molecule has 0 amide bonds. The van der Waals surface area contributed by atoms with Gasteiger partial charge in [-0.05, 0) is 17.7 Å². The number of hydrogen-bond acceptors (Lipinski definition) is 2. The second-order valence-corrected chi connectivity index (χ2v) is 4.44. The van der Waals surface area contributed by atoms with Crippen molar-refractivity contribution < 1.29 is 0 Å². The van der Waals surface area contributed by atoms with Gasteiger partial charge in [0.2, 0.25) is 0 Å². The Kier molecular flexibility index (Phi) is 3.08. The summed E-state index contributed by atoms with van der Waals surface area (Å²) in [5, 5.41) is 5.55. The van der Waals surface area contributed by atoms with E-state index < -0.39 is 0 Å². The fourth-order valence-electron chi connectivity index (χ4n) is 1.49. The molecule has 1 heterocycles. The zero-order valence-electron chi connectivity index (χ0n) is 8.74. The fraction of sp³-hybridized carbons (Fsp3) is 0.182. The van der Waals surface area contributed by atoms with Crippen molar-refractivity contribution in [2.24, 2.45) is 7.05 Å². The molecule has 2 N–H and O–H groups in total. The van der Waals surface area contributed by atoms with Crippen LogP contribution in [-0.4, -0.2) is 9.78 Å². The molecule has 0 atom stereocenters. The quantitative estimate of drug-likeness (QED) is 0.897. The Morgan fingerprint density at radius 1 is 1.31 bits per heavy atom. The van der Waals surface area contributed by atoms with Gasteiger partial charge in [0.25, 0.3) is 0 Å². The Balaban J connectivity index is 2.27. The van der Waals surface area contributed by atoms with E-state index in [4.69, 9.17) is 28.9 Å². The van der Waals surface area contributed by atoms with Crippen LogP contribution >= 0.6 is 23.2 Å². The third-order valence-electron chi connectivity index (χ3n) is 2.35. The Bertz CT molecular complexity index is 500. The van der Waals surface area contributed by atoms with Crippen molar-refractivity contribution in [1.82, 2.24) is 9.78 Å². The third kappa shape index (κ3) is 2.31. The minimum absolute atomic E-state index is 0.634. The van der Waals surface area contributed by atoms with Gasteiger partial charge in [0.05, 0.1) is 5.69 Å². The molecule has 84 valence electrons. The van der Waals surface area contributed by atoms with Crippen LogP contribution < -0.4 is 5.73 Å². The molecule has 0 aliphatic carbocycles. The van der Waals surface area contributed by atoms with Crippen LogP contribution in [0.25, 0.3) is 0 Å². The van der Waals surface area contributed by atoms with Crippen molar-refractivity contribution in [3.8, 4) is 0 Å². The Morgan fingerprint density at radius 3 is 2.62 bits per heavy atom. The third-order valence-corrected chi connectivity index (χ3v) is 2.94. The first-order valence-electron chi connectivity index (χ1n) is 4.78. The minimum Gasteiger partial charge on any atom is -0.384 e. The van der Waals surface area contributed by atoms with Crippen LogP contribution in [-0.2, 0) is 13.5 Å². The second-order valence-electron chi connectivity index (χ2n) is 3.60. The van der Waals surface area contributed by atoms with Crippen LogP contribution in [0.2, 0.25) is 10.0 Å². The number of halogens is 2. The number of nitrogens with zero attached hydrogens (tertiary/aromatic N) is 2. The number of hydrogen-bond donors (Lipinski definition) is 1. The lowest BCUT2D eigenvalue weighted by Crippen LogP contribution is -1.97. The molecular weight excluding hydrogens is 245 g/mol. The van der Waals surface area contributed by atoms with Crippen LogP contribution in [0.15, 0.2) is 24.3 Å². The van der Waals surface area contributed by atoms with E-state index in [0.29, 0.717) is 22.3 Å². The molecule has 0 unspecified atom stereocenters. The summed E-state index contributed by atoms with van der Waals surface area (Å²) in [5.41, 5.74) is 7.59. The van der Waals surface area contributed by atoms with Crippen molar-refractivity contribution in [2.75, 3.05) is 5.73 Å². The molecule has 2 rings (SSSR count). The van der Waals surface area contributed by atoms with E-state index in [9.17, 15) is 0 Å². The zero-order chi connectivity index (χ0) is 11.7. The highest BCUT2D eigenvalue weighted by molar-refractivity contribution is 6.35. The van der Waals surface area contributed by atoms with Crippen LogP contribution in [0, 0.1) is 0 Å². The van der Waals surface area contributed by atoms with E-state index in [1.54, 1.807) is 10.7 Å². The van der Waals surface area contributed by atoms with Gasteiger partial charge in [0.1, 0.15) is 5.82 Å². The van der Waals surface area contributed by atoms with Crippen LogP contribution in [0.1, 0.15) is 11.3 Å². The highest BCUT2D eigenvalue weighted by atomic mass is 35.5. The normalized spacial score (nSPS) is 10.7. The zero-order valence-corrected chi connectivity index (χ0v) is 10.3. The maximum Gasteiger partial charge on any atom is 0.121 e. The molecule has 2 aromatic rings. The average Bonchev–Trinajstić information content (AvgIpc) is 2.51. The predicted molar refractivity (Wildman–Crippen MR) is 66.9 cm³/mol. The summed E-state index contributed by atoms with van der Waals surface area (Å²) in [6.07, 6.45) is 0.654.